The smallest absolute Gasteiger partial charge is 0.262 e. The molecule has 2 rings (SSSR count). The van der Waals surface area contributed by atoms with E-state index >= 15 is 0 Å². The largest absolute Gasteiger partial charge is 0.289 e. The van der Waals surface area contributed by atoms with Crippen molar-refractivity contribution in [1.82, 2.24) is 9.97 Å². The van der Waals surface area contributed by atoms with Crippen molar-refractivity contribution in [2.24, 2.45) is 0 Å². The number of alkyl halides is 2. The fourth-order valence-electron chi connectivity index (χ4n) is 0.950. The van der Waals surface area contributed by atoms with Crippen LogP contribution in [0.15, 0.2) is 17.3 Å². The minimum absolute atomic E-state index is 0.182. The van der Waals surface area contributed by atoms with E-state index in [1.807, 2.05) is 0 Å². The minimum Gasteiger partial charge on any atom is -0.262 e. The van der Waals surface area contributed by atoms with E-state index in [-0.39, 0.29) is 5.01 Å². The second-order valence-electron chi connectivity index (χ2n) is 2.36. The standard InChI is InChI=1S/C7H4F2N2S2/c8-6(9)7-11-5-3(12)1-10-2-4(5)13-7/h1-2,6,12H. The molecule has 0 aliphatic heterocycles. The van der Waals surface area contributed by atoms with Gasteiger partial charge >= 0.3 is 0 Å². The zero-order chi connectivity index (χ0) is 9.42. The normalized spacial score (nSPS) is 11.4. The molecule has 0 aliphatic carbocycles. The summed E-state index contributed by atoms with van der Waals surface area (Å²) >= 11 is 5.02. The molecule has 2 aromatic heterocycles. The molecule has 0 saturated heterocycles. The first-order valence-corrected chi connectivity index (χ1v) is 4.66. The molecule has 2 aromatic rings. The third-order valence-corrected chi connectivity index (χ3v) is 2.81. The Bertz CT molecular complexity index is 441. The SMILES string of the molecule is FC(F)c1nc2c(S)cncc2s1. The summed E-state index contributed by atoms with van der Waals surface area (Å²) in [7, 11) is 0. The van der Waals surface area contributed by atoms with Crippen LogP contribution in [-0.2, 0) is 0 Å². The second-order valence-corrected chi connectivity index (χ2v) is 3.90. The number of hydrogen-bond acceptors (Lipinski definition) is 4. The van der Waals surface area contributed by atoms with E-state index < -0.39 is 6.43 Å². The van der Waals surface area contributed by atoms with E-state index in [1.165, 1.54) is 12.4 Å². The van der Waals surface area contributed by atoms with Crippen LogP contribution in [0.25, 0.3) is 10.2 Å². The molecule has 68 valence electrons. The van der Waals surface area contributed by atoms with Gasteiger partial charge in [-0.05, 0) is 0 Å². The number of aromatic nitrogens is 2. The molecule has 0 unspecified atom stereocenters. The number of halogens is 2. The minimum atomic E-state index is -2.52. The van der Waals surface area contributed by atoms with Crippen LogP contribution in [0.1, 0.15) is 11.4 Å². The molecule has 0 saturated carbocycles. The molecule has 0 amide bonds. The maximum absolute atomic E-state index is 12.2. The number of nitrogens with zero attached hydrogens (tertiary/aromatic N) is 2. The molecule has 13 heavy (non-hydrogen) atoms. The highest BCUT2D eigenvalue weighted by atomic mass is 32.1. The van der Waals surface area contributed by atoms with E-state index in [9.17, 15) is 8.78 Å². The molecule has 2 nitrogen and oxygen atoms in total. The van der Waals surface area contributed by atoms with Crippen molar-refractivity contribution < 1.29 is 8.78 Å². The summed E-state index contributed by atoms with van der Waals surface area (Å²) in [5, 5.41) is -0.182. The number of rotatable bonds is 1. The lowest BCUT2D eigenvalue weighted by Crippen LogP contribution is -1.80. The van der Waals surface area contributed by atoms with Crippen molar-refractivity contribution >= 4 is 34.2 Å². The summed E-state index contributed by atoms with van der Waals surface area (Å²) in [5.41, 5.74) is 0.499. The Hall–Kier alpha value is -0.750. The van der Waals surface area contributed by atoms with Crippen molar-refractivity contribution in [3.05, 3.63) is 17.4 Å². The van der Waals surface area contributed by atoms with Crippen molar-refractivity contribution in [2.45, 2.75) is 11.3 Å². The molecule has 2 heterocycles. The summed E-state index contributed by atoms with van der Waals surface area (Å²) in [5.74, 6) is 0. The topological polar surface area (TPSA) is 25.8 Å². The summed E-state index contributed by atoms with van der Waals surface area (Å²) in [6.45, 7) is 0. The molecular weight excluding hydrogens is 214 g/mol. The lowest BCUT2D eigenvalue weighted by atomic mass is 10.4. The van der Waals surface area contributed by atoms with E-state index in [4.69, 9.17) is 0 Å². The quantitative estimate of drug-likeness (QED) is 0.745. The van der Waals surface area contributed by atoms with Crippen LogP contribution < -0.4 is 0 Å². The van der Waals surface area contributed by atoms with Crippen LogP contribution in [0.5, 0.6) is 0 Å². The fraction of sp³-hybridized carbons (Fsp3) is 0.143. The van der Waals surface area contributed by atoms with Crippen LogP contribution in [0, 0.1) is 0 Å². The summed E-state index contributed by atoms with van der Waals surface area (Å²) in [6, 6.07) is 0. The van der Waals surface area contributed by atoms with Gasteiger partial charge in [-0.25, -0.2) is 13.8 Å². The highest BCUT2D eigenvalue weighted by Gasteiger charge is 2.14. The zero-order valence-electron chi connectivity index (χ0n) is 6.24. The van der Waals surface area contributed by atoms with Gasteiger partial charge in [0.2, 0.25) is 0 Å². The van der Waals surface area contributed by atoms with Gasteiger partial charge in [0, 0.05) is 17.3 Å². The number of thiol groups is 1. The number of thiazole rings is 1. The molecule has 0 fully saturated rings. The number of hydrogen-bond donors (Lipinski definition) is 1. The number of pyridine rings is 1. The fourth-order valence-corrected chi connectivity index (χ4v) is 2.08. The van der Waals surface area contributed by atoms with Gasteiger partial charge in [0.25, 0.3) is 6.43 Å². The number of fused-ring (bicyclic) bond motifs is 1. The first-order chi connectivity index (χ1) is 6.18. The summed E-state index contributed by atoms with van der Waals surface area (Å²) in [6.07, 6.45) is 0.476. The monoisotopic (exact) mass is 218 g/mol. The van der Waals surface area contributed by atoms with Gasteiger partial charge in [-0.15, -0.1) is 24.0 Å². The molecule has 6 heteroatoms. The third kappa shape index (κ3) is 1.51. The average Bonchev–Trinajstić information content (AvgIpc) is 2.49. The zero-order valence-corrected chi connectivity index (χ0v) is 7.95. The van der Waals surface area contributed by atoms with Crippen LogP contribution in [0.4, 0.5) is 8.78 Å². The predicted molar refractivity (Wildman–Crippen MR) is 49.6 cm³/mol. The van der Waals surface area contributed by atoms with Gasteiger partial charge in [-0.2, -0.15) is 0 Å². The van der Waals surface area contributed by atoms with Gasteiger partial charge in [0.1, 0.15) is 0 Å². The van der Waals surface area contributed by atoms with Crippen molar-refractivity contribution in [3.8, 4) is 0 Å². The maximum atomic E-state index is 12.2. The molecule has 0 atom stereocenters. The Morgan fingerprint density at radius 2 is 2.15 bits per heavy atom. The molecule has 0 aromatic carbocycles. The van der Waals surface area contributed by atoms with Crippen LogP contribution >= 0.6 is 24.0 Å². The van der Waals surface area contributed by atoms with Crippen molar-refractivity contribution in [2.75, 3.05) is 0 Å². The lowest BCUT2D eigenvalue weighted by Gasteiger charge is -1.89. The summed E-state index contributed by atoms with van der Waals surface area (Å²) < 4.78 is 25.1. The highest BCUT2D eigenvalue weighted by Crippen LogP contribution is 2.31. The van der Waals surface area contributed by atoms with Crippen LogP contribution in [0.2, 0.25) is 0 Å². The first-order valence-electron chi connectivity index (χ1n) is 3.40. The van der Waals surface area contributed by atoms with Crippen LogP contribution in [0.3, 0.4) is 0 Å². The maximum Gasteiger partial charge on any atom is 0.289 e. The third-order valence-electron chi connectivity index (χ3n) is 1.49. The Kier molecular flexibility index (Phi) is 2.17. The van der Waals surface area contributed by atoms with E-state index in [0.717, 1.165) is 11.3 Å². The van der Waals surface area contributed by atoms with Gasteiger partial charge < -0.3 is 0 Å². The molecule has 0 aliphatic rings. The van der Waals surface area contributed by atoms with E-state index in [1.54, 1.807) is 0 Å². The average molecular weight is 218 g/mol. The van der Waals surface area contributed by atoms with E-state index in [0.29, 0.717) is 15.1 Å². The first kappa shape index (κ1) is 8.83. The Morgan fingerprint density at radius 1 is 1.38 bits per heavy atom. The van der Waals surface area contributed by atoms with Gasteiger partial charge in [0.05, 0.1) is 10.2 Å². The van der Waals surface area contributed by atoms with Crippen LogP contribution in [-0.4, -0.2) is 9.97 Å². The van der Waals surface area contributed by atoms with Gasteiger partial charge in [-0.1, -0.05) is 0 Å². The highest BCUT2D eigenvalue weighted by molar-refractivity contribution is 7.80. The van der Waals surface area contributed by atoms with Gasteiger partial charge in [0.15, 0.2) is 5.01 Å². The van der Waals surface area contributed by atoms with Crippen molar-refractivity contribution in [3.63, 3.8) is 0 Å². The van der Waals surface area contributed by atoms with Crippen molar-refractivity contribution in [1.29, 1.82) is 0 Å². The molecule has 0 spiro atoms. The molecule has 0 radical (unpaired) electrons. The lowest BCUT2D eigenvalue weighted by molar-refractivity contribution is 0.151. The second kappa shape index (κ2) is 3.19. The molecular formula is C7H4F2N2S2. The Labute approximate surface area is 82.0 Å². The predicted octanol–water partition coefficient (Wildman–Crippen LogP) is 2.92. The Balaban J connectivity index is 2.68. The van der Waals surface area contributed by atoms with Gasteiger partial charge in [-0.3, -0.25) is 4.98 Å². The van der Waals surface area contributed by atoms with E-state index in [2.05, 4.69) is 22.6 Å². The Morgan fingerprint density at radius 3 is 2.77 bits per heavy atom. The molecule has 0 bridgehead atoms. The molecule has 0 N–H and O–H groups in total. The summed E-state index contributed by atoms with van der Waals surface area (Å²) in [4.78, 5) is 8.13.